The summed E-state index contributed by atoms with van der Waals surface area (Å²) in [7, 11) is 0. The fraction of sp³-hybridized carbons (Fsp3) is 0.333. The molecule has 2 rings (SSSR count). The minimum atomic E-state index is 0.728. The van der Waals surface area contributed by atoms with Gasteiger partial charge in [-0.2, -0.15) is 0 Å². The van der Waals surface area contributed by atoms with Gasteiger partial charge >= 0.3 is 0 Å². The van der Waals surface area contributed by atoms with Gasteiger partial charge in [-0.05, 0) is 6.08 Å². The summed E-state index contributed by atoms with van der Waals surface area (Å²) in [6, 6.07) is 0. The van der Waals surface area contributed by atoms with Gasteiger partial charge in [0.2, 0.25) is 0 Å². The standard InChI is InChI=1S/C6H8N2O/c1-2-9-4-5-3-7-8-6(1)5/h1-2,7-8H,3-4H2. The highest BCUT2D eigenvalue weighted by Crippen LogP contribution is 2.11. The molecule has 0 aromatic rings. The van der Waals surface area contributed by atoms with Gasteiger partial charge in [0.15, 0.2) is 0 Å². The first-order valence-electron chi connectivity index (χ1n) is 2.96. The molecule has 0 aliphatic carbocycles. The monoisotopic (exact) mass is 124 g/mol. The Morgan fingerprint density at radius 1 is 1.56 bits per heavy atom. The molecule has 9 heavy (non-hydrogen) atoms. The van der Waals surface area contributed by atoms with Crippen molar-refractivity contribution < 1.29 is 4.74 Å². The van der Waals surface area contributed by atoms with Gasteiger partial charge in [0, 0.05) is 12.1 Å². The van der Waals surface area contributed by atoms with E-state index in [-0.39, 0.29) is 0 Å². The van der Waals surface area contributed by atoms with Gasteiger partial charge in [0.05, 0.1) is 12.0 Å². The lowest BCUT2D eigenvalue weighted by molar-refractivity contribution is 0.274. The van der Waals surface area contributed by atoms with Gasteiger partial charge in [0.1, 0.15) is 6.61 Å². The molecule has 3 nitrogen and oxygen atoms in total. The predicted octanol–water partition coefficient (Wildman–Crippen LogP) is -0.108. The molecule has 2 heterocycles. The van der Waals surface area contributed by atoms with Crippen LogP contribution in [0.1, 0.15) is 0 Å². The van der Waals surface area contributed by atoms with Crippen LogP contribution in [0.25, 0.3) is 0 Å². The maximum atomic E-state index is 5.06. The van der Waals surface area contributed by atoms with E-state index in [0.29, 0.717) is 0 Å². The quantitative estimate of drug-likeness (QED) is 0.473. The zero-order valence-electron chi connectivity index (χ0n) is 4.98. The largest absolute Gasteiger partial charge is 0.497 e. The highest BCUT2D eigenvalue weighted by atomic mass is 16.5. The van der Waals surface area contributed by atoms with E-state index in [1.54, 1.807) is 6.26 Å². The summed E-state index contributed by atoms with van der Waals surface area (Å²) in [5.74, 6) is 0. The molecule has 0 saturated carbocycles. The number of hydrogen-bond acceptors (Lipinski definition) is 3. The van der Waals surface area contributed by atoms with Crippen LogP contribution in [-0.2, 0) is 4.74 Å². The van der Waals surface area contributed by atoms with E-state index >= 15 is 0 Å². The van der Waals surface area contributed by atoms with Gasteiger partial charge in [0.25, 0.3) is 0 Å². The molecule has 0 fully saturated rings. The number of ether oxygens (including phenoxy) is 1. The van der Waals surface area contributed by atoms with E-state index in [1.807, 2.05) is 6.08 Å². The van der Waals surface area contributed by atoms with Crippen LogP contribution in [0.5, 0.6) is 0 Å². The average Bonchev–Trinajstić information content (AvgIpc) is 2.33. The molecular weight excluding hydrogens is 116 g/mol. The fourth-order valence-electron chi connectivity index (χ4n) is 0.983. The zero-order chi connectivity index (χ0) is 6.10. The Morgan fingerprint density at radius 3 is 3.44 bits per heavy atom. The highest BCUT2D eigenvalue weighted by Gasteiger charge is 2.13. The van der Waals surface area contributed by atoms with E-state index in [9.17, 15) is 0 Å². The van der Waals surface area contributed by atoms with Gasteiger partial charge < -0.3 is 10.2 Å². The molecule has 0 spiro atoms. The van der Waals surface area contributed by atoms with Crippen molar-refractivity contribution in [1.29, 1.82) is 0 Å². The maximum absolute atomic E-state index is 5.06. The normalized spacial score (nSPS) is 23.1. The van der Waals surface area contributed by atoms with Crippen molar-refractivity contribution in [1.82, 2.24) is 10.9 Å². The van der Waals surface area contributed by atoms with Crippen LogP contribution in [-0.4, -0.2) is 13.2 Å². The SMILES string of the molecule is C1=CC2=C(CNN2)CO1. The number of hydrogen-bond donors (Lipinski definition) is 2. The van der Waals surface area contributed by atoms with Gasteiger partial charge in [-0.3, -0.25) is 0 Å². The van der Waals surface area contributed by atoms with Crippen molar-refractivity contribution in [3.63, 3.8) is 0 Å². The summed E-state index contributed by atoms with van der Waals surface area (Å²) in [6.07, 6.45) is 3.64. The Balaban J connectivity index is 2.28. The third-order valence-electron chi connectivity index (χ3n) is 1.49. The third-order valence-corrected chi connectivity index (χ3v) is 1.49. The predicted molar refractivity (Wildman–Crippen MR) is 33.3 cm³/mol. The Kier molecular flexibility index (Phi) is 0.960. The molecule has 0 unspecified atom stereocenters. The van der Waals surface area contributed by atoms with Crippen LogP contribution >= 0.6 is 0 Å². The summed E-state index contributed by atoms with van der Waals surface area (Å²) >= 11 is 0. The van der Waals surface area contributed by atoms with Crippen LogP contribution < -0.4 is 10.9 Å². The lowest BCUT2D eigenvalue weighted by atomic mass is 10.2. The molecule has 2 aliphatic heterocycles. The molecule has 0 aromatic heterocycles. The molecule has 0 amide bonds. The topological polar surface area (TPSA) is 33.3 Å². The minimum absolute atomic E-state index is 0.728. The van der Waals surface area contributed by atoms with Crippen LogP contribution in [0.2, 0.25) is 0 Å². The maximum Gasteiger partial charge on any atom is 0.112 e. The third kappa shape index (κ3) is 0.695. The zero-order valence-corrected chi connectivity index (χ0v) is 4.98. The summed E-state index contributed by atoms with van der Waals surface area (Å²) in [6.45, 7) is 1.63. The molecule has 0 atom stereocenters. The molecule has 2 aliphatic rings. The van der Waals surface area contributed by atoms with Crippen LogP contribution in [0.15, 0.2) is 23.6 Å². The Hall–Kier alpha value is -0.960. The van der Waals surface area contributed by atoms with Crippen molar-refractivity contribution in [3.05, 3.63) is 23.6 Å². The minimum Gasteiger partial charge on any atom is -0.497 e. The number of hydrazine groups is 1. The van der Waals surface area contributed by atoms with Crippen LogP contribution in [0, 0.1) is 0 Å². The van der Waals surface area contributed by atoms with Crippen molar-refractivity contribution in [2.24, 2.45) is 0 Å². The average molecular weight is 124 g/mol. The molecule has 0 bridgehead atoms. The number of allylic oxidation sites excluding steroid dienone is 1. The van der Waals surface area contributed by atoms with Crippen molar-refractivity contribution in [3.8, 4) is 0 Å². The Bertz CT molecular complexity index is 183. The van der Waals surface area contributed by atoms with Crippen LogP contribution in [0.3, 0.4) is 0 Å². The Morgan fingerprint density at radius 2 is 2.56 bits per heavy atom. The summed E-state index contributed by atoms with van der Waals surface area (Å²) in [5, 5.41) is 0. The first kappa shape index (κ1) is 4.88. The molecule has 3 heteroatoms. The van der Waals surface area contributed by atoms with E-state index in [0.717, 1.165) is 13.2 Å². The van der Waals surface area contributed by atoms with Gasteiger partial charge in [-0.25, -0.2) is 5.43 Å². The molecule has 2 N–H and O–H groups in total. The second-order valence-corrected chi connectivity index (χ2v) is 2.11. The molecule has 0 saturated heterocycles. The fourth-order valence-corrected chi connectivity index (χ4v) is 0.983. The highest BCUT2D eigenvalue weighted by molar-refractivity contribution is 5.29. The molecule has 0 radical (unpaired) electrons. The first-order chi connectivity index (χ1) is 4.47. The number of rotatable bonds is 0. The van der Waals surface area contributed by atoms with Gasteiger partial charge in [-0.15, -0.1) is 0 Å². The molecule has 0 aromatic carbocycles. The summed E-state index contributed by atoms with van der Waals surface area (Å²) in [5.41, 5.74) is 8.50. The lowest BCUT2D eigenvalue weighted by Crippen LogP contribution is -2.22. The van der Waals surface area contributed by atoms with Crippen molar-refractivity contribution in [2.75, 3.05) is 13.2 Å². The van der Waals surface area contributed by atoms with E-state index in [2.05, 4.69) is 10.9 Å². The summed E-state index contributed by atoms with van der Waals surface area (Å²) in [4.78, 5) is 0. The second-order valence-electron chi connectivity index (χ2n) is 2.11. The second kappa shape index (κ2) is 1.77. The molecular formula is C6H8N2O. The van der Waals surface area contributed by atoms with E-state index < -0.39 is 0 Å². The smallest absolute Gasteiger partial charge is 0.112 e. The first-order valence-corrected chi connectivity index (χ1v) is 2.96. The summed E-state index contributed by atoms with van der Waals surface area (Å²) < 4.78 is 5.06. The Labute approximate surface area is 53.4 Å². The lowest BCUT2D eigenvalue weighted by Gasteiger charge is -2.06. The van der Waals surface area contributed by atoms with E-state index in [4.69, 9.17) is 4.74 Å². The number of nitrogens with one attached hydrogen (secondary N) is 2. The van der Waals surface area contributed by atoms with Gasteiger partial charge in [-0.1, -0.05) is 0 Å². The van der Waals surface area contributed by atoms with Crippen molar-refractivity contribution >= 4 is 0 Å². The van der Waals surface area contributed by atoms with Crippen LogP contribution in [0.4, 0.5) is 0 Å². The van der Waals surface area contributed by atoms with Crippen molar-refractivity contribution in [2.45, 2.75) is 0 Å². The van der Waals surface area contributed by atoms with E-state index in [1.165, 1.54) is 11.3 Å². The molecule has 48 valence electrons.